The number of rotatable bonds is 10. The van der Waals surface area contributed by atoms with E-state index >= 15 is 0 Å². The lowest BCUT2D eigenvalue weighted by Crippen LogP contribution is -2.31. The van der Waals surface area contributed by atoms with Crippen molar-refractivity contribution in [3.63, 3.8) is 0 Å². The third kappa shape index (κ3) is 5.99. The molecule has 1 aliphatic heterocycles. The van der Waals surface area contributed by atoms with Crippen molar-refractivity contribution in [1.29, 1.82) is 0 Å². The molecule has 0 unspecified atom stereocenters. The number of carbonyl (C=O) groups excluding carboxylic acids is 1. The maximum atomic E-state index is 12.8. The van der Waals surface area contributed by atoms with Gasteiger partial charge in [-0.25, -0.2) is 4.31 Å². The number of amides is 1. The van der Waals surface area contributed by atoms with Crippen molar-refractivity contribution in [2.75, 3.05) is 37.3 Å². The van der Waals surface area contributed by atoms with Crippen molar-refractivity contribution in [3.05, 3.63) is 65.4 Å². The van der Waals surface area contributed by atoms with E-state index in [0.717, 1.165) is 53.0 Å². The van der Waals surface area contributed by atoms with Gasteiger partial charge in [-0.1, -0.05) is 6.07 Å². The van der Waals surface area contributed by atoms with Gasteiger partial charge < -0.3 is 15.4 Å². The van der Waals surface area contributed by atoms with Crippen molar-refractivity contribution < 1.29 is 18.6 Å². The van der Waals surface area contributed by atoms with Crippen molar-refractivity contribution in [1.82, 2.24) is 14.6 Å². The molecule has 1 saturated heterocycles. The summed E-state index contributed by atoms with van der Waals surface area (Å²) in [6.07, 6.45) is 5.17. The highest BCUT2D eigenvalue weighted by atomic mass is 32.3. The van der Waals surface area contributed by atoms with E-state index in [-0.39, 0.29) is 5.91 Å². The Morgan fingerprint density at radius 3 is 2.72 bits per heavy atom. The molecule has 5 rings (SSSR count). The lowest BCUT2D eigenvalue weighted by Gasteiger charge is -2.36. The van der Waals surface area contributed by atoms with E-state index < -0.39 is 10.8 Å². The molecule has 0 bridgehead atoms. The second kappa shape index (κ2) is 10.7. The van der Waals surface area contributed by atoms with Crippen LogP contribution < -0.4 is 15.4 Å². The molecule has 3 aromatic rings. The minimum absolute atomic E-state index is 0.165. The van der Waals surface area contributed by atoms with Crippen LogP contribution in [0.2, 0.25) is 0 Å². The molecule has 1 aliphatic carbocycles. The van der Waals surface area contributed by atoms with Crippen LogP contribution >= 0.6 is 10.8 Å². The molecule has 2 heterocycles. The number of pyridine rings is 1. The summed E-state index contributed by atoms with van der Waals surface area (Å²) >= 11 is 0. The minimum Gasteiger partial charge on any atom is -0.493 e. The number of carbonyl (C=O) groups is 1. The molecule has 1 aromatic heterocycles. The number of nitrogens with zero attached hydrogens (tertiary/aromatic N) is 2. The molecule has 0 radical (unpaired) electrons. The lowest BCUT2D eigenvalue weighted by molar-refractivity contribution is 0.102. The van der Waals surface area contributed by atoms with E-state index in [1.807, 2.05) is 37.4 Å². The number of ether oxygens (including phenoxy) is 1. The topological polar surface area (TPSA) is 107 Å². The fraction of sp³-hybridized carbons (Fsp3) is 0.407. The predicted octanol–water partition coefficient (Wildman–Crippen LogP) is 5.05. The fourth-order valence-corrected chi connectivity index (χ4v) is 6.01. The van der Waals surface area contributed by atoms with Gasteiger partial charge >= 0.3 is 0 Å². The SMILES string of the molecule is Cc1c(NC(=O)c2ccc(OCC3CC3)cc2)ccc2cc(CNCCN3CCCS3(O)O)cnc12. The average molecular weight is 511 g/mol. The molecule has 8 nitrogen and oxygen atoms in total. The van der Waals surface area contributed by atoms with Crippen molar-refractivity contribution in [2.24, 2.45) is 5.92 Å². The zero-order chi connectivity index (χ0) is 25.1. The van der Waals surface area contributed by atoms with E-state index in [2.05, 4.69) is 21.7 Å². The van der Waals surface area contributed by atoms with Crippen LogP contribution in [-0.4, -0.2) is 56.3 Å². The average Bonchev–Trinajstić information content (AvgIpc) is 3.64. The number of hydrogen-bond donors (Lipinski definition) is 4. The molecule has 192 valence electrons. The van der Waals surface area contributed by atoms with Gasteiger partial charge in [-0.15, -0.1) is 10.8 Å². The Morgan fingerprint density at radius 1 is 1.19 bits per heavy atom. The molecular formula is C27H34N4O4S. The maximum Gasteiger partial charge on any atom is 0.255 e. The van der Waals surface area contributed by atoms with Crippen molar-refractivity contribution in [3.8, 4) is 5.75 Å². The molecule has 36 heavy (non-hydrogen) atoms. The highest BCUT2D eigenvalue weighted by Gasteiger charge is 2.27. The summed E-state index contributed by atoms with van der Waals surface area (Å²) < 4.78 is 27.5. The first-order valence-corrected chi connectivity index (χ1v) is 14.2. The van der Waals surface area contributed by atoms with Gasteiger partial charge in [0.25, 0.3) is 5.91 Å². The van der Waals surface area contributed by atoms with Gasteiger partial charge in [0, 0.05) is 49.0 Å². The summed E-state index contributed by atoms with van der Waals surface area (Å²) in [5.74, 6) is 1.80. The van der Waals surface area contributed by atoms with E-state index in [4.69, 9.17) is 4.74 Å². The van der Waals surface area contributed by atoms with Crippen LogP contribution in [0.25, 0.3) is 10.9 Å². The van der Waals surface area contributed by atoms with E-state index in [1.165, 1.54) is 12.8 Å². The Hall–Kier alpha value is -2.69. The number of aryl methyl sites for hydroxylation is 1. The maximum absolute atomic E-state index is 12.8. The molecule has 9 heteroatoms. The van der Waals surface area contributed by atoms with Gasteiger partial charge in [-0.05, 0) is 79.6 Å². The van der Waals surface area contributed by atoms with Gasteiger partial charge in [-0.3, -0.25) is 18.9 Å². The third-order valence-electron chi connectivity index (χ3n) is 6.82. The van der Waals surface area contributed by atoms with Gasteiger partial charge in [0.1, 0.15) is 5.75 Å². The molecule has 2 aliphatic rings. The first-order chi connectivity index (χ1) is 17.4. The highest BCUT2D eigenvalue weighted by molar-refractivity contribution is 8.22. The molecule has 1 amide bonds. The minimum atomic E-state index is -2.56. The number of nitrogens with one attached hydrogen (secondary N) is 2. The number of aromatic nitrogens is 1. The van der Waals surface area contributed by atoms with Crippen LogP contribution in [-0.2, 0) is 6.54 Å². The third-order valence-corrected chi connectivity index (χ3v) is 8.84. The molecule has 1 saturated carbocycles. The van der Waals surface area contributed by atoms with Gasteiger partial charge in [-0.2, -0.15) is 0 Å². The molecule has 2 fully saturated rings. The molecule has 0 atom stereocenters. The van der Waals surface area contributed by atoms with E-state index in [1.54, 1.807) is 16.4 Å². The normalized spacial score (nSPS) is 18.3. The summed E-state index contributed by atoms with van der Waals surface area (Å²) in [7, 11) is -2.56. The van der Waals surface area contributed by atoms with Crippen LogP contribution in [0.3, 0.4) is 0 Å². The second-order valence-electron chi connectivity index (χ2n) is 9.68. The Bertz CT molecular complexity index is 1230. The predicted molar refractivity (Wildman–Crippen MR) is 145 cm³/mol. The first-order valence-electron chi connectivity index (χ1n) is 12.5. The fourth-order valence-electron chi connectivity index (χ4n) is 4.43. The van der Waals surface area contributed by atoms with Gasteiger partial charge in [0.05, 0.1) is 17.9 Å². The summed E-state index contributed by atoms with van der Waals surface area (Å²) in [5.41, 5.74) is 4.15. The van der Waals surface area contributed by atoms with E-state index in [9.17, 15) is 13.9 Å². The Kier molecular flexibility index (Phi) is 7.45. The van der Waals surface area contributed by atoms with E-state index in [0.29, 0.717) is 36.9 Å². The Balaban J connectivity index is 1.17. The number of anilines is 1. The highest BCUT2D eigenvalue weighted by Crippen LogP contribution is 2.47. The summed E-state index contributed by atoms with van der Waals surface area (Å²) in [6.45, 7) is 5.38. The van der Waals surface area contributed by atoms with Crippen molar-refractivity contribution in [2.45, 2.75) is 32.7 Å². The molecule has 2 aromatic carbocycles. The van der Waals surface area contributed by atoms with Crippen LogP contribution in [0.15, 0.2) is 48.7 Å². The number of hydrogen-bond acceptors (Lipinski definition) is 7. The van der Waals surface area contributed by atoms with Crippen LogP contribution in [0, 0.1) is 12.8 Å². The Labute approximate surface area is 213 Å². The summed E-state index contributed by atoms with van der Waals surface area (Å²) in [6, 6.07) is 13.3. The summed E-state index contributed by atoms with van der Waals surface area (Å²) in [5, 5.41) is 7.39. The number of benzene rings is 2. The quantitative estimate of drug-likeness (QED) is 0.283. The summed E-state index contributed by atoms with van der Waals surface area (Å²) in [4.78, 5) is 17.5. The molecule has 4 N–H and O–H groups in total. The zero-order valence-corrected chi connectivity index (χ0v) is 21.4. The van der Waals surface area contributed by atoms with Gasteiger partial charge in [0.2, 0.25) is 0 Å². The largest absolute Gasteiger partial charge is 0.493 e. The first kappa shape index (κ1) is 25.0. The second-order valence-corrected chi connectivity index (χ2v) is 11.9. The molecule has 0 spiro atoms. The Morgan fingerprint density at radius 2 is 2.00 bits per heavy atom. The van der Waals surface area contributed by atoms with Crippen LogP contribution in [0.4, 0.5) is 5.69 Å². The zero-order valence-electron chi connectivity index (χ0n) is 20.6. The standard InChI is InChI=1S/C27H34N4O4S/c1-19-25(30-27(32)22-5-8-24(9-6-22)35-18-20-3-4-20)10-7-23-15-21(17-29-26(19)23)16-28-11-13-31-12-2-14-36(31,33)34/h5-10,15,17,20,28,33-34H,2-4,11-14,16,18H2,1H3,(H,30,32). The molecular weight excluding hydrogens is 476 g/mol. The number of fused-ring (bicyclic) bond motifs is 1. The monoisotopic (exact) mass is 510 g/mol. The van der Waals surface area contributed by atoms with Crippen molar-refractivity contribution >= 4 is 33.3 Å². The lowest BCUT2D eigenvalue weighted by atomic mass is 10.1. The van der Waals surface area contributed by atoms with Gasteiger partial charge in [0.15, 0.2) is 0 Å². The van der Waals surface area contributed by atoms with Crippen LogP contribution in [0.1, 0.15) is 40.7 Å². The smallest absolute Gasteiger partial charge is 0.255 e. The van der Waals surface area contributed by atoms with Crippen LogP contribution in [0.5, 0.6) is 5.75 Å².